The zero-order valence-electron chi connectivity index (χ0n) is 11.5. The third-order valence-corrected chi connectivity index (χ3v) is 3.31. The van der Waals surface area contributed by atoms with Gasteiger partial charge >= 0.3 is 0 Å². The number of rotatable bonds is 7. The molecule has 0 heterocycles. The second kappa shape index (κ2) is 7.62. The first kappa shape index (κ1) is 15.3. The number of methoxy groups -OCH3 is 1. The maximum absolute atomic E-state index is 6.04. The molecule has 0 fully saturated rings. The average molecular weight is 272 g/mol. The van der Waals surface area contributed by atoms with Gasteiger partial charge in [0.2, 0.25) is 0 Å². The fourth-order valence-corrected chi connectivity index (χ4v) is 2.30. The van der Waals surface area contributed by atoms with Crippen molar-refractivity contribution in [2.24, 2.45) is 0 Å². The molecule has 0 amide bonds. The molecule has 0 spiro atoms. The standard InChI is InChI=1S/C14H22ClNO2/c1-5-12(18-6-2)14(16-3)10-7-8-11(15)13(9-10)17-4/h7-9,12,14,16H,5-6H2,1-4H3. The monoisotopic (exact) mass is 271 g/mol. The summed E-state index contributed by atoms with van der Waals surface area (Å²) in [5.74, 6) is 0.695. The van der Waals surface area contributed by atoms with E-state index in [1.807, 2.05) is 32.2 Å². The van der Waals surface area contributed by atoms with E-state index in [-0.39, 0.29) is 12.1 Å². The van der Waals surface area contributed by atoms with Crippen molar-refractivity contribution >= 4 is 11.6 Å². The molecule has 0 aliphatic rings. The predicted octanol–water partition coefficient (Wildman–Crippen LogP) is 3.42. The Morgan fingerprint density at radius 2 is 2.06 bits per heavy atom. The minimum atomic E-state index is 0.140. The molecule has 0 aromatic heterocycles. The predicted molar refractivity (Wildman–Crippen MR) is 75.5 cm³/mol. The summed E-state index contributed by atoms with van der Waals surface area (Å²) in [7, 11) is 3.56. The number of hydrogen-bond acceptors (Lipinski definition) is 3. The molecule has 18 heavy (non-hydrogen) atoms. The molecule has 0 saturated carbocycles. The maximum atomic E-state index is 6.04. The lowest BCUT2D eigenvalue weighted by molar-refractivity contribution is 0.0333. The fraction of sp³-hybridized carbons (Fsp3) is 0.571. The Morgan fingerprint density at radius 1 is 1.33 bits per heavy atom. The van der Waals surface area contributed by atoms with Crippen LogP contribution in [0.2, 0.25) is 5.02 Å². The van der Waals surface area contributed by atoms with E-state index in [9.17, 15) is 0 Å². The zero-order chi connectivity index (χ0) is 13.5. The minimum Gasteiger partial charge on any atom is -0.495 e. The Bertz CT molecular complexity index is 371. The molecule has 2 unspecified atom stereocenters. The summed E-state index contributed by atoms with van der Waals surface area (Å²) in [6, 6.07) is 5.97. The molecule has 3 nitrogen and oxygen atoms in total. The quantitative estimate of drug-likeness (QED) is 0.824. The van der Waals surface area contributed by atoms with Crippen molar-refractivity contribution in [3.63, 3.8) is 0 Å². The van der Waals surface area contributed by atoms with Crippen LogP contribution in [0.15, 0.2) is 18.2 Å². The molecule has 0 saturated heterocycles. The van der Waals surface area contributed by atoms with Gasteiger partial charge < -0.3 is 14.8 Å². The third kappa shape index (κ3) is 3.61. The summed E-state index contributed by atoms with van der Waals surface area (Å²) in [5, 5.41) is 3.93. The van der Waals surface area contributed by atoms with Crippen LogP contribution in [0.25, 0.3) is 0 Å². The Labute approximate surface area is 114 Å². The van der Waals surface area contributed by atoms with Gasteiger partial charge in [0.1, 0.15) is 5.75 Å². The van der Waals surface area contributed by atoms with Crippen LogP contribution >= 0.6 is 11.6 Å². The average Bonchev–Trinajstić information content (AvgIpc) is 2.40. The second-order valence-electron chi connectivity index (χ2n) is 4.06. The van der Waals surface area contributed by atoms with Gasteiger partial charge in [-0.25, -0.2) is 0 Å². The van der Waals surface area contributed by atoms with Crippen LogP contribution < -0.4 is 10.1 Å². The van der Waals surface area contributed by atoms with E-state index in [1.165, 1.54) is 0 Å². The van der Waals surface area contributed by atoms with Crippen molar-refractivity contribution in [2.45, 2.75) is 32.4 Å². The Hall–Kier alpha value is -0.770. The van der Waals surface area contributed by atoms with Crippen LogP contribution in [0.4, 0.5) is 0 Å². The number of hydrogen-bond donors (Lipinski definition) is 1. The van der Waals surface area contributed by atoms with E-state index in [0.29, 0.717) is 17.4 Å². The Morgan fingerprint density at radius 3 is 2.56 bits per heavy atom. The highest BCUT2D eigenvalue weighted by Crippen LogP contribution is 2.30. The summed E-state index contributed by atoms with van der Waals surface area (Å²) in [6.07, 6.45) is 1.09. The molecule has 0 aliphatic carbocycles. The number of nitrogens with one attached hydrogen (secondary N) is 1. The molecule has 1 N–H and O–H groups in total. The largest absolute Gasteiger partial charge is 0.495 e. The van der Waals surface area contributed by atoms with Crippen molar-refractivity contribution in [3.8, 4) is 5.75 Å². The Kier molecular flexibility index (Phi) is 6.47. The molecular formula is C14H22ClNO2. The van der Waals surface area contributed by atoms with E-state index >= 15 is 0 Å². The van der Waals surface area contributed by atoms with Crippen molar-refractivity contribution in [2.75, 3.05) is 20.8 Å². The van der Waals surface area contributed by atoms with Gasteiger partial charge in [0.25, 0.3) is 0 Å². The summed E-state index contributed by atoms with van der Waals surface area (Å²) in [4.78, 5) is 0. The van der Waals surface area contributed by atoms with Crippen LogP contribution in [0.3, 0.4) is 0 Å². The lowest BCUT2D eigenvalue weighted by Crippen LogP contribution is -2.31. The molecule has 102 valence electrons. The smallest absolute Gasteiger partial charge is 0.137 e. The number of halogens is 1. The fourth-order valence-electron chi connectivity index (χ4n) is 2.10. The molecule has 1 rings (SSSR count). The molecule has 0 aliphatic heterocycles. The highest BCUT2D eigenvalue weighted by Gasteiger charge is 2.21. The van der Waals surface area contributed by atoms with Crippen LogP contribution in [0.1, 0.15) is 31.9 Å². The summed E-state index contributed by atoms with van der Waals surface area (Å²) < 4.78 is 11.0. The minimum absolute atomic E-state index is 0.140. The molecule has 4 heteroatoms. The topological polar surface area (TPSA) is 30.5 Å². The van der Waals surface area contributed by atoms with Gasteiger partial charge in [0.05, 0.1) is 24.3 Å². The molecule has 2 atom stereocenters. The van der Waals surface area contributed by atoms with Crippen molar-refractivity contribution in [3.05, 3.63) is 28.8 Å². The van der Waals surface area contributed by atoms with Gasteiger partial charge in [-0.15, -0.1) is 0 Å². The van der Waals surface area contributed by atoms with Crippen LogP contribution in [0, 0.1) is 0 Å². The SMILES string of the molecule is CCOC(CC)C(NC)c1ccc(Cl)c(OC)c1. The van der Waals surface area contributed by atoms with Gasteiger partial charge in [-0.2, -0.15) is 0 Å². The van der Waals surface area contributed by atoms with E-state index in [0.717, 1.165) is 12.0 Å². The highest BCUT2D eigenvalue weighted by molar-refractivity contribution is 6.32. The van der Waals surface area contributed by atoms with Gasteiger partial charge in [0, 0.05) is 6.61 Å². The zero-order valence-corrected chi connectivity index (χ0v) is 12.3. The summed E-state index contributed by atoms with van der Waals surface area (Å²) in [5.41, 5.74) is 1.12. The lowest BCUT2D eigenvalue weighted by atomic mass is 9.99. The van der Waals surface area contributed by atoms with Gasteiger partial charge in [-0.05, 0) is 38.1 Å². The maximum Gasteiger partial charge on any atom is 0.137 e. The van der Waals surface area contributed by atoms with Crippen LogP contribution in [0.5, 0.6) is 5.75 Å². The molecule has 0 bridgehead atoms. The summed E-state index contributed by atoms with van der Waals surface area (Å²) in [6.45, 7) is 4.84. The molecular weight excluding hydrogens is 250 g/mol. The van der Waals surface area contributed by atoms with Gasteiger partial charge in [0.15, 0.2) is 0 Å². The van der Waals surface area contributed by atoms with Crippen LogP contribution in [-0.2, 0) is 4.74 Å². The highest BCUT2D eigenvalue weighted by atomic mass is 35.5. The molecule has 0 radical (unpaired) electrons. The van der Waals surface area contributed by atoms with E-state index in [1.54, 1.807) is 7.11 Å². The van der Waals surface area contributed by atoms with Gasteiger partial charge in [-0.3, -0.25) is 0 Å². The lowest BCUT2D eigenvalue weighted by Gasteiger charge is -2.26. The second-order valence-corrected chi connectivity index (χ2v) is 4.47. The number of likely N-dealkylation sites (N-methyl/N-ethyl adjacent to an activating group) is 1. The molecule has 1 aromatic carbocycles. The first-order valence-corrected chi connectivity index (χ1v) is 6.67. The first-order chi connectivity index (χ1) is 8.67. The van der Waals surface area contributed by atoms with E-state index < -0.39 is 0 Å². The van der Waals surface area contributed by atoms with E-state index in [2.05, 4.69) is 12.2 Å². The first-order valence-electron chi connectivity index (χ1n) is 6.30. The van der Waals surface area contributed by atoms with Crippen molar-refractivity contribution < 1.29 is 9.47 Å². The van der Waals surface area contributed by atoms with Gasteiger partial charge in [-0.1, -0.05) is 24.6 Å². The number of ether oxygens (including phenoxy) is 2. The van der Waals surface area contributed by atoms with Crippen molar-refractivity contribution in [1.29, 1.82) is 0 Å². The Balaban J connectivity index is 3.00. The third-order valence-electron chi connectivity index (χ3n) is 3.00. The van der Waals surface area contributed by atoms with Crippen LogP contribution in [-0.4, -0.2) is 26.9 Å². The van der Waals surface area contributed by atoms with E-state index in [4.69, 9.17) is 21.1 Å². The summed E-state index contributed by atoms with van der Waals surface area (Å²) >= 11 is 6.04. The molecule has 1 aromatic rings. The number of benzene rings is 1. The van der Waals surface area contributed by atoms with Crippen molar-refractivity contribution in [1.82, 2.24) is 5.32 Å². The normalized spacial score (nSPS) is 14.3.